The third-order valence-corrected chi connectivity index (χ3v) is 2.67. The van der Waals surface area contributed by atoms with Crippen molar-refractivity contribution >= 4 is 17.7 Å². The summed E-state index contributed by atoms with van der Waals surface area (Å²) in [7, 11) is 1.51. The Morgan fingerprint density at radius 1 is 1.44 bits per heavy atom. The van der Waals surface area contributed by atoms with Crippen LogP contribution in [0.5, 0.6) is 0 Å². The summed E-state index contributed by atoms with van der Waals surface area (Å²) in [6.45, 7) is 1.83. The zero-order valence-electron chi connectivity index (χ0n) is 10.3. The molecule has 100 valence electrons. The third kappa shape index (κ3) is 4.18. The van der Waals surface area contributed by atoms with Crippen LogP contribution in [0.1, 0.15) is 18.6 Å². The fourth-order valence-corrected chi connectivity index (χ4v) is 1.75. The second-order valence-electron chi connectivity index (χ2n) is 3.66. The van der Waals surface area contributed by atoms with Crippen molar-refractivity contribution in [2.75, 3.05) is 13.9 Å². The van der Waals surface area contributed by atoms with E-state index >= 15 is 0 Å². The lowest BCUT2D eigenvalue weighted by Gasteiger charge is -2.24. The molecule has 5 nitrogen and oxygen atoms in total. The number of primary amides is 1. The summed E-state index contributed by atoms with van der Waals surface area (Å²) >= 11 is 6.06. The summed E-state index contributed by atoms with van der Waals surface area (Å²) in [5.41, 5.74) is 5.70. The summed E-state index contributed by atoms with van der Waals surface area (Å²) in [5.74, 6) is 0. The lowest BCUT2D eigenvalue weighted by Crippen LogP contribution is -2.27. The number of benzene rings is 1. The zero-order chi connectivity index (χ0) is 13.5. The quantitative estimate of drug-likeness (QED) is 0.809. The molecule has 18 heavy (non-hydrogen) atoms. The topological polar surface area (TPSA) is 70.8 Å². The van der Waals surface area contributed by atoms with Gasteiger partial charge in [0.25, 0.3) is 0 Å². The van der Waals surface area contributed by atoms with Crippen LogP contribution in [0.2, 0.25) is 5.02 Å². The fraction of sp³-hybridized carbons (Fsp3) is 0.417. The molecular weight excluding hydrogens is 258 g/mol. The molecule has 0 aliphatic carbocycles. The van der Waals surface area contributed by atoms with Crippen LogP contribution in [0.3, 0.4) is 0 Å². The van der Waals surface area contributed by atoms with E-state index in [0.717, 1.165) is 0 Å². The number of rotatable bonds is 6. The number of ether oxygens (including phenoxy) is 3. The fourth-order valence-electron chi connectivity index (χ4n) is 1.51. The molecule has 0 aliphatic heterocycles. The number of halogens is 1. The van der Waals surface area contributed by atoms with E-state index in [9.17, 15) is 4.79 Å². The molecule has 2 atom stereocenters. The molecular formula is C12H16ClNO4. The predicted molar refractivity (Wildman–Crippen MR) is 67.3 cm³/mol. The molecule has 2 unspecified atom stereocenters. The van der Waals surface area contributed by atoms with E-state index in [1.165, 1.54) is 7.11 Å². The highest BCUT2D eigenvalue weighted by Gasteiger charge is 2.25. The van der Waals surface area contributed by atoms with Crippen LogP contribution < -0.4 is 5.73 Å². The van der Waals surface area contributed by atoms with E-state index < -0.39 is 18.3 Å². The summed E-state index contributed by atoms with van der Waals surface area (Å²) in [5, 5.41) is 0.483. The SMILES string of the molecule is COCOC(C)C(OC(N)=O)c1ccccc1Cl. The van der Waals surface area contributed by atoms with Crippen molar-refractivity contribution in [1.29, 1.82) is 0 Å². The van der Waals surface area contributed by atoms with Gasteiger partial charge in [0.15, 0.2) is 6.10 Å². The number of carbonyl (C=O) groups excluding carboxylic acids is 1. The van der Waals surface area contributed by atoms with Crippen LogP contribution in [0, 0.1) is 0 Å². The lowest BCUT2D eigenvalue weighted by atomic mass is 10.1. The monoisotopic (exact) mass is 273 g/mol. The zero-order valence-corrected chi connectivity index (χ0v) is 11.0. The van der Waals surface area contributed by atoms with Crippen LogP contribution in [-0.2, 0) is 14.2 Å². The molecule has 0 aliphatic rings. The van der Waals surface area contributed by atoms with E-state index in [1.807, 2.05) is 0 Å². The van der Waals surface area contributed by atoms with E-state index in [2.05, 4.69) is 0 Å². The first-order chi connectivity index (χ1) is 8.56. The molecule has 0 aromatic heterocycles. The van der Waals surface area contributed by atoms with Crippen LogP contribution in [0.25, 0.3) is 0 Å². The first-order valence-corrected chi connectivity index (χ1v) is 5.75. The van der Waals surface area contributed by atoms with Crippen LogP contribution >= 0.6 is 11.6 Å². The second-order valence-corrected chi connectivity index (χ2v) is 4.06. The van der Waals surface area contributed by atoms with Crippen molar-refractivity contribution in [2.24, 2.45) is 5.73 Å². The molecule has 0 radical (unpaired) electrons. The van der Waals surface area contributed by atoms with Gasteiger partial charge in [0, 0.05) is 17.7 Å². The molecule has 0 saturated heterocycles. The highest BCUT2D eigenvalue weighted by atomic mass is 35.5. The van der Waals surface area contributed by atoms with Gasteiger partial charge in [0.2, 0.25) is 0 Å². The Bertz CT molecular complexity index is 399. The van der Waals surface area contributed by atoms with Gasteiger partial charge in [0.05, 0.1) is 6.10 Å². The number of nitrogens with two attached hydrogens (primary N) is 1. The van der Waals surface area contributed by atoms with Crippen molar-refractivity contribution < 1.29 is 19.0 Å². The van der Waals surface area contributed by atoms with E-state index in [0.29, 0.717) is 10.6 Å². The average Bonchev–Trinajstić information content (AvgIpc) is 2.34. The van der Waals surface area contributed by atoms with Gasteiger partial charge in [-0.25, -0.2) is 4.79 Å². The Hall–Kier alpha value is -1.30. The molecule has 1 aromatic rings. The van der Waals surface area contributed by atoms with Crippen molar-refractivity contribution in [2.45, 2.75) is 19.1 Å². The molecule has 0 bridgehead atoms. The highest BCUT2D eigenvalue weighted by Crippen LogP contribution is 2.29. The Morgan fingerprint density at radius 2 is 2.11 bits per heavy atom. The molecule has 1 aromatic carbocycles. The molecule has 0 spiro atoms. The smallest absolute Gasteiger partial charge is 0.405 e. The minimum Gasteiger partial charge on any atom is -0.439 e. The number of hydrogen-bond donors (Lipinski definition) is 1. The molecule has 6 heteroatoms. The number of amides is 1. The maximum atomic E-state index is 10.9. The summed E-state index contributed by atoms with van der Waals surface area (Å²) in [4.78, 5) is 10.9. The molecule has 0 heterocycles. The Labute approximate surface area is 111 Å². The number of carbonyl (C=O) groups is 1. The van der Waals surface area contributed by atoms with Gasteiger partial charge in [-0.1, -0.05) is 29.8 Å². The van der Waals surface area contributed by atoms with E-state index in [1.54, 1.807) is 31.2 Å². The first kappa shape index (κ1) is 14.8. The average molecular weight is 274 g/mol. The van der Waals surface area contributed by atoms with E-state index in [4.69, 9.17) is 31.5 Å². The van der Waals surface area contributed by atoms with E-state index in [-0.39, 0.29) is 6.79 Å². The molecule has 0 fully saturated rings. The van der Waals surface area contributed by atoms with Crippen molar-refractivity contribution in [3.63, 3.8) is 0 Å². The Morgan fingerprint density at radius 3 is 2.67 bits per heavy atom. The van der Waals surface area contributed by atoms with Crippen LogP contribution in [0.4, 0.5) is 4.79 Å². The summed E-state index contributed by atoms with van der Waals surface area (Å²) in [6.07, 6.45) is -1.99. The minimum absolute atomic E-state index is 0.0875. The van der Waals surface area contributed by atoms with Crippen LogP contribution in [0.15, 0.2) is 24.3 Å². The normalized spacial score (nSPS) is 13.9. The van der Waals surface area contributed by atoms with Gasteiger partial charge in [-0.3, -0.25) is 0 Å². The van der Waals surface area contributed by atoms with Crippen molar-refractivity contribution in [1.82, 2.24) is 0 Å². The maximum Gasteiger partial charge on any atom is 0.405 e. The first-order valence-electron chi connectivity index (χ1n) is 5.37. The largest absolute Gasteiger partial charge is 0.439 e. The van der Waals surface area contributed by atoms with Gasteiger partial charge < -0.3 is 19.9 Å². The van der Waals surface area contributed by atoms with Gasteiger partial charge in [-0.05, 0) is 13.0 Å². The molecule has 2 N–H and O–H groups in total. The molecule has 0 saturated carbocycles. The second kappa shape index (κ2) is 7.20. The predicted octanol–water partition coefficient (Wildman–Crippen LogP) is 2.49. The summed E-state index contributed by atoms with van der Waals surface area (Å²) in [6, 6.07) is 7.04. The molecule has 1 amide bonds. The van der Waals surface area contributed by atoms with Gasteiger partial charge in [-0.2, -0.15) is 0 Å². The lowest BCUT2D eigenvalue weighted by molar-refractivity contribution is -0.106. The van der Waals surface area contributed by atoms with Crippen molar-refractivity contribution in [3.05, 3.63) is 34.9 Å². The van der Waals surface area contributed by atoms with Gasteiger partial charge in [-0.15, -0.1) is 0 Å². The van der Waals surface area contributed by atoms with Crippen molar-refractivity contribution in [3.8, 4) is 0 Å². The van der Waals surface area contributed by atoms with Crippen LogP contribution in [-0.4, -0.2) is 26.1 Å². The summed E-state index contributed by atoms with van der Waals surface area (Å²) < 4.78 is 15.2. The van der Waals surface area contributed by atoms with Gasteiger partial charge >= 0.3 is 6.09 Å². The molecule has 1 rings (SSSR count). The standard InChI is InChI=1S/C12H16ClNO4/c1-8(17-7-16-2)11(18-12(14)15)9-5-3-4-6-10(9)13/h3-6,8,11H,7H2,1-2H3,(H2,14,15). The number of hydrogen-bond acceptors (Lipinski definition) is 4. The highest BCUT2D eigenvalue weighted by molar-refractivity contribution is 6.31. The Kier molecular flexibility index (Phi) is 5.91. The number of methoxy groups -OCH3 is 1. The minimum atomic E-state index is -0.882. The Balaban J connectivity index is 2.90. The van der Waals surface area contributed by atoms with Gasteiger partial charge in [0.1, 0.15) is 6.79 Å². The maximum absolute atomic E-state index is 10.9. The third-order valence-electron chi connectivity index (χ3n) is 2.33.